The molecule has 0 bridgehead atoms. The molecule has 1 fully saturated rings. The van der Waals surface area contributed by atoms with Crippen LogP contribution in [-0.4, -0.2) is 28.9 Å². The topological polar surface area (TPSA) is 79.7 Å². The van der Waals surface area contributed by atoms with Gasteiger partial charge in [-0.1, -0.05) is 64.2 Å². The van der Waals surface area contributed by atoms with E-state index >= 15 is 0 Å². The number of fused-ring (bicyclic) bond motifs is 1. The number of amides is 1. The molecule has 0 radical (unpaired) electrons. The van der Waals surface area contributed by atoms with E-state index in [9.17, 15) is 14.7 Å². The van der Waals surface area contributed by atoms with E-state index in [1.807, 2.05) is 41.8 Å². The Kier molecular flexibility index (Phi) is 6.65. The molecule has 3 heterocycles. The summed E-state index contributed by atoms with van der Waals surface area (Å²) in [5.74, 6) is -0.933. The van der Waals surface area contributed by atoms with Crippen LogP contribution >= 0.6 is 22.7 Å². The number of thiazole rings is 1. The number of ether oxygens (including phenoxy) is 1. The summed E-state index contributed by atoms with van der Waals surface area (Å²) in [5.41, 5.74) is 3.12. The molecule has 5 rings (SSSR count). The Morgan fingerprint density at radius 1 is 1.11 bits per heavy atom. The molecule has 1 atom stereocenters. The Hall–Kier alpha value is -3.49. The molecule has 1 N–H and O–H groups in total. The number of aromatic nitrogens is 1. The van der Waals surface area contributed by atoms with Gasteiger partial charge in [0.2, 0.25) is 0 Å². The Bertz CT molecular complexity index is 1580. The lowest BCUT2D eigenvalue weighted by atomic mass is 9.85. The van der Waals surface area contributed by atoms with Crippen molar-refractivity contribution in [2.45, 2.75) is 52.0 Å². The van der Waals surface area contributed by atoms with Crippen LogP contribution in [0.4, 0.5) is 5.13 Å². The van der Waals surface area contributed by atoms with Crippen molar-refractivity contribution in [3.63, 3.8) is 0 Å². The summed E-state index contributed by atoms with van der Waals surface area (Å²) < 4.78 is 6.49. The van der Waals surface area contributed by atoms with Gasteiger partial charge in [0.1, 0.15) is 17.6 Å². The van der Waals surface area contributed by atoms with Crippen LogP contribution < -0.4 is 9.64 Å². The quantitative estimate of drug-likeness (QED) is 0.160. The summed E-state index contributed by atoms with van der Waals surface area (Å²) in [7, 11) is 1.52. The van der Waals surface area contributed by atoms with Gasteiger partial charge >= 0.3 is 5.91 Å². The second-order valence-corrected chi connectivity index (χ2v) is 12.7. The first kappa shape index (κ1) is 26.1. The summed E-state index contributed by atoms with van der Waals surface area (Å²) in [5, 5.41) is 14.0. The molecular formula is C30H30N2O4S2. The van der Waals surface area contributed by atoms with Crippen LogP contribution in [0, 0.1) is 0 Å². The van der Waals surface area contributed by atoms with Crippen LogP contribution in [0.15, 0.2) is 59.5 Å². The Labute approximate surface area is 230 Å². The third-order valence-electron chi connectivity index (χ3n) is 6.85. The van der Waals surface area contributed by atoms with Crippen LogP contribution in [-0.2, 0) is 15.0 Å². The summed E-state index contributed by atoms with van der Waals surface area (Å²) in [6.45, 7) is 10.5. The number of aliphatic hydroxyl groups excluding tert-OH is 1. The number of benzene rings is 2. The highest BCUT2D eigenvalue weighted by molar-refractivity contribution is 7.22. The predicted molar refractivity (Wildman–Crippen MR) is 155 cm³/mol. The lowest BCUT2D eigenvalue weighted by Gasteiger charge is -2.23. The monoisotopic (exact) mass is 546 g/mol. The molecule has 1 unspecified atom stereocenters. The maximum Gasteiger partial charge on any atom is 0.301 e. The van der Waals surface area contributed by atoms with Gasteiger partial charge in [-0.2, -0.15) is 0 Å². The third-order valence-corrected chi connectivity index (χ3v) is 8.79. The molecule has 1 saturated heterocycles. The van der Waals surface area contributed by atoms with E-state index < -0.39 is 17.7 Å². The second-order valence-electron chi connectivity index (χ2n) is 10.7. The van der Waals surface area contributed by atoms with E-state index in [0.717, 1.165) is 20.7 Å². The van der Waals surface area contributed by atoms with Crippen molar-refractivity contribution in [1.29, 1.82) is 0 Å². The molecule has 0 spiro atoms. The summed E-state index contributed by atoms with van der Waals surface area (Å²) in [6, 6.07) is 14.6. The van der Waals surface area contributed by atoms with E-state index in [-0.39, 0.29) is 16.7 Å². The molecule has 1 amide bonds. The molecule has 196 valence electrons. The normalized spacial score (nSPS) is 17.7. The molecule has 6 nitrogen and oxygen atoms in total. The van der Waals surface area contributed by atoms with Crippen molar-refractivity contribution in [3.05, 3.63) is 81.1 Å². The second kappa shape index (κ2) is 9.67. The van der Waals surface area contributed by atoms with Gasteiger partial charge in [0, 0.05) is 4.88 Å². The first-order chi connectivity index (χ1) is 18.0. The molecular weight excluding hydrogens is 516 g/mol. The average Bonchev–Trinajstić information content (AvgIpc) is 3.60. The minimum Gasteiger partial charge on any atom is -0.507 e. The Morgan fingerprint density at radius 2 is 1.87 bits per heavy atom. The highest BCUT2D eigenvalue weighted by Gasteiger charge is 2.49. The Morgan fingerprint density at radius 3 is 2.50 bits per heavy atom. The number of carbonyl (C=O) groups is 2. The number of hydrogen-bond acceptors (Lipinski definition) is 7. The smallest absolute Gasteiger partial charge is 0.301 e. The molecule has 2 aromatic carbocycles. The first-order valence-electron chi connectivity index (χ1n) is 12.4. The van der Waals surface area contributed by atoms with E-state index in [1.165, 1.54) is 40.2 Å². The number of carbonyl (C=O) groups excluding carboxylic acids is 2. The first-order valence-corrected chi connectivity index (χ1v) is 14.1. The molecule has 0 aliphatic carbocycles. The molecule has 8 heteroatoms. The SMILES string of the molecule is COc1ccc(C(C)(C)C)cc1/C(O)=C1\C(=O)C(=O)N(c2nc3ccc(C(C)C)cc3s2)C1c1cccs1. The van der Waals surface area contributed by atoms with E-state index in [0.29, 0.717) is 22.4 Å². The van der Waals surface area contributed by atoms with Crippen molar-refractivity contribution in [3.8, 4) is 5.75 Å². The summed E-state index contributed by atoms with van der Waals surface area (Å²) >= 11 is 2.80. The minimum atomic E-state index is -0.803. The number of aliphatic hydroxyl groups is 1. The maximum atomic E-state index is 13.6. The number of Topliss-reactive ketones (excluding diaryl/α,β-unsaturated/α-hetero) is 1. The van der Waals surface area contributed by atoms with Crippen LogP contribution in [0.1, 0.15) is 68.1 Å². The van der Waals surface area contributed by atoms with Crippen molar-refractivity contribution in [2.24, 2.45) is 0 Å². The van der Waals surface area contributed by atoms with Gasteiger partial charge in [-0.15, -0.1) is 11.3 Å². The van der Waals surface area contributed by atoms with Gasteiger partial charge < -0.3 is 9.84 Å². The third kappa shape index (κ3) is 4.41. The van der Waals surface area contributed by atoms with E-state index in [2.05, 4.69) is 40.7 Å². The molecule has 1 aliphatic rings. The highest BCUT2D eigenvalue weighted by Crippen LogP contribution is 2.46. The van der Waals surface area contributed by atoms with Crippen LogP contribution in [0.5, 0.6) is 5.75 Å². The van der Waals surface area contributed by atoms with Crippen molar-refractivity contribution < 1.29 is 19.4 Å². The van der Waals surface area contributed by atoms with Gasteiger partial charge in [0.15, 0.2) is 5.13 Å². The fraction of sp³-hybridized carbons (Fsp3) is 0.300. The summed E-state index contributed by atoms with van der Waals surface area (Å²) in [6.07, 6.45) is 0. The van der Waals surface area contributed by atoms with Crippen molar-refractivity contribution >= 4 is 55.5 Å². The molecule has 0 saturated carbocycles. The lowest BCUT2D eigenvalue weighted by Crippen LogP contribution is -2.28. The predicted octanol–water partition coefficient (Wildman–Crippen LogP) is 7.41. The van der Waals surface area contributed by atoms with E-state index in [4.69, 9.17) is 9.72 Å². The largest absolute Gasteiger partial charge is 0.507 e. The van der Waals surface area contributed by atoms with E-state index in [1.54, 1.807) is 6.07 Å². The minimum absolute atomic E-state index is 0.0314. The van der Waals surface area contributed by atoms with Gasteiger partial charge in [-0.25, -0.2) is 4.98 Å². The Balaban J connectivity index is 1.71. The number of nitrogens with zero attached hydrogens (tertiary/aromatic N) is 2. The van der Waals surface area contributed by atoms with Gasteiger partial charge in [0.05, 0.1) is 28.5 Å². The van der Waals surface area contributed by atoms with Gasteiger partial charge in [-0.05, 0) is 58.2 Å². The average molecular weight is 547 g/mol. The highest BCUT2D eigenvalue weighted by atomic mass is 32.1. The zero-order chi connectivity index (χ0) is 27.4. The molecule has 4 aromatic rings. The van der Waals surface area contributed by atoms with Crippen molar-refractivity contribution in [2.75, 3.05) is 12.0 Å². The molecule has 38 heavy (non-hydrogen) atoms. The van der Waals surface area contributed by atoms with Crippen LogP contribution in [0.2, 0.25) is 0 Å². The number of thiophene rings is 1. The number of methoxy groups -OCH3 is 1. The number of anilines is 1. The van der Waals surface area contributed by atoms with Crippen LogP contribution in [0.25, 0.3) is 16.0 Å². The van der Waals surface area contributed by atoms with Gasteiger partial charge in [0.25, 0.3) is 5.78 Å². The number of ketones is 1. The zero-order valence-electron chi connectivity index (χ0n) is 22.2. The number of hydrogen-bond donors (Lipinski definition) is 1. The molecule has 1 aliphatic heterocycles. The fourth-order valence-corrected chi connectivity index (χ4v) is 6.51. The standard InChI is InChI=1S/C30H30N2O4S2/c1-16(2)17-9-11-20-23(14-17)38-29(31-20)32-25(22-8-7-13-37-22)24(27(34)28(32)35)26(33)19-15-18(30(3,4)5)10-12-21(19)36-6/h7-16,25,33H,1-6H3/b26-24+. The number of rotatable bonds is 5. The van der Waals surface area contributed by atoms with Crippen molar-refractivity contribution in [1.82, 2.24) is 4.98 Å². The summed E-state index contributed by atoms with van der Waals surface area (Å²) in [4.78, 5) is 34.1. The molecule has 2 aromatic heterocycles. The lowest BCUT2D eigenvalue weighted by molar-refractivity contribution is -0.132. The maximum absolute atomic E-state index is 13.6. The fourth-order valence-electron chi connectivity index (χ4n) is 4.64. The van der Waals surface area contributed by atoms with Crippen LogP contribution in [0.3, 0.4) is 0 Å². The zero-order valence-corrected chi connectivity index (χ0v) is 23.9. The van der Waals surface area contributed by atoms with Gasteiger partial charge in [-0.3, -0.25) is 14.5 Å².